The molecule has 0 fully saturated rings. The van der Waals surface area contributed by atoms with Gasteiger partial charge in [-0.3, -0.25) is 9.88 Å². The van der Waals surface area contributed by atoms with E-state index in [0.29, 0.717) is 0 Å². The summed E-state index contributed by atoms with van der Waals surface area (Å²) in [6.45, 7) is 2.29. The molecule has 4 rings (SSSR count). The van der Waals surface area contributed by atoms with Crippen LogP contribution in [0.25, 0.3) is 5.69 Å². The minimum Gasteiger partial charge on any atom is -0.291 e. The van der Waals surface area contributed by atoms with Crippen LogP contribution in [0, 0.1) is 5.82 Å². The first-order valence-electron chi connectivity index (χ1n) is 9.21. The summed E-state index contributed by atoms with van der Waals surface area (Å²) >= 11 is 0. The molecule has 0 amide bonds. The van der Waals surface area contributed by atoms with Gasteiger partial charge in [-0.05, 0) is 59.2 Å². The van der Waals surface area contributed by atoms with E-state index in [9.17, 15) is 4.39 Å². The second-order valence-corrected chi connectivity index (χ2v) is 6.75. The molecule has 0 bridgehead atoms. The summed E-state index contributed by atoms with van der Waals surface area (Å²) in [5.74, 6) is -0.212. The smallest absolute Gasteiger partial charge is 0.123 e. The first-order chi connectivity index (χ1) is 13.8. The van der Waals surface area contributed by atoms with Gasteiger partial charge in [0, 0.05) is 44.4 Å². The Balaban J connectivity index is 1.56. The molecule has 0 N–H and O–H groups in total. The van der Waals surface area contributed by atoms with Crippen LogP contribution in [-0.2, 0) is 19.6 Å². The van der Waals surface area contributed by atoms with E-state index in [2.05, 4.69) is 33.2 Å². The first kappa shape index (κ1) is 18.1. The van der Waals surface area contributed by atoms with Crippen LogP contribution in [-0.4, -0.2) is 19.7 Å². The maximum absolute atomic E-state index is 13.3. The van der Waals surface area contributed by atoms with E-state index in [0.717, 1.165) is 30.9 Å². The highest BCUT2D eigenvalue weighted by Gasteiger charge is 2.10. The molecule has 0 atom stereocenters. The topological polar surface area (TPSA) is 34.0 Å². The third-order valence-corrected chi connectivity index (χ3v) is 4.56. The van der Waals surface area contributed by atoms with Crippen LogP contribution in [0.3, 0.4) is 0 Å². The van der Waals surface area contributed by atoms with Gasteiger partial charge in [0.2, 0.25) is 0 Å². The van der Waals surface area contributed by atoms with Gasteiger partial charge in [-0.25, -0.2) is 9.07 Å². The monoisotopic (exact) mass is 372 g/mol. The third kappa shape index (κ3) is 4.69. The average Bonchev–Trinajstić information content (AvgIpc) is 3.26. The first-order valence-corrected chi connectivity index (χ1v) is 9.21. The van der Waals surface area contributed by atoms with Crippen molar-refractivity contribution in [3.63, 3.8) is 0 Å². The van der Waals surface area contributed by atoms with Gasteiger partial charge in [0.25, 0.3) is 0 Å². The number of halogens is 1. The Morgan fingerprint density at radius 1 is 0.750 bits per heavy atom. The molecule has 0 saturated heterocycles. The van der Waals surface area contributed by atoms with E-state index in [1.54, 1.807) is 6.20 Å². The summed E-state index contributed by atoms with van der Waals surface area (Å²) in [5.41, 5.74) is 4.51. The summed E-state index contributed by atoms with van der Waals surface area (Å²) in [7, 11) is 0. The van der Waals surface area contributed by atoms with Crippen molar-refractivity contribution in [2.24, 2.45) is 0 Å². The number of hydrogen-bond donors (Lipinski definition) is 0. The zero-order chi connectivity index (χ0) is 19.2. The van der Waals surface area contributed by atoms with Crippen LogP contribution in [0.1, 0.15) is 16.7 Å². The van der Waals surface area contributed by atoms with E-state index >= 15 is 0 Å². The van der Waals surface area contributed by atoms with Gasteiger partial charge >= 0.3 is 0 Å². The number of benzene rings is 2. The number of nitrogens with zero attached hydrogens (tertiary/aromatic N) is 4. The zero-order valence-electron chi connectivity index (χ0n) is 15.4. The van der Waals surface area contributed by atoms with Crippen LogP contribution in [0.5, 0.6) is 0 Å². The Labute approximate surface area is 163 Å². The van der Waals surface area contributed by atoms with Crippen molar-refractivity contribution in [2.45, 2.75) is 19.6 Å². The number of hydrogen-bond acceptors (Lipinski definition) is 3. The van der Waals surface area contributed by atoms with E-state index in [4.69, 9.17) is 0 Å². The largest absolute Gasteiger partial charge is 0.291 e. The van der Waals surface area contributed by atoms with E-state index < -0.39 is 0 Å². The molecule has 5 heteroatoms. The number of rotatable bonds is 7. The number of aromatic nitrogens is 3. The fourth-order valence-electron chi connectivity index (χ4n) is 3.24. The lowest BCUT2D eigenvalue weighted by Gasteiger charge is -2.23. The van der Waals surface area contributed by atoms with Crippen molar-refractivity contribution in [3.8, 4) is 5.69 Å². The molecular formula is C23H21FN4. The maximum atomic E-state index is 13.3. The van der Waals surface area contributed by atoms with Crippen LogP contribution >= 0.6 is 0 Å². The van der Waals surface area contributed by atoms with Crippen molar-refractivity contribution in [1.29, 1.82) is 0 Å². The Bertz CT molecular complexity index is 998. The minimum atomic E-state index is -0.212. The lowest BCUT2D eigenvalue weighted by atomic mass is 10.1. The van der Waals surface area contributed by atoms with E-state index in [-0.39, 0.29) is 5.82 Å². The fourth-order valence-corrected chi connectivity index (χ4v) is 3.24. The molecule has 0 saturated carbocycles. The Morgan fingerprint density at radius 3 is 2.18 bits per heavy atom. The highest BCUT2D eigenvalue weighted by atomic mass is 19.1. The van der Waals surface area contributed by atoms with Gasteiger partial charge in [0.1, 0.15) is 5.82 Å². The summed E-state index contributed by atoms with van der Waals surface area (Å²) in [5, 5.41) is 4.31. The van der Waals surface area contributed by atoms with Crippen molar-refractivity contribution in [1.82, 2.24) is 19.7 Å². The summed E-state index contributed by atoms with van der Waals surface area (Å²) < 4.78 is 15.1. The summed E-state index contributed by atoms with van der Waals surface area (Å²) in [6.07, 6.45) is 7.33. The van der Waals surface area contributed by atoms with Crippen LogP contribution < -0.4 is 0 Å². The van der Waals surface area contributed by atoms with Crippen LogP contribution in [0.15, 0.2) is 91.5 Å². The molecule has 0 spiro atoms. The van der Waals surface area contributed by atoms with E-state index in [1.165, 1.54) is 23.3 Å². The lowest BCUT2D eigenvalue weighted by Crippen LogP contribution is -2.22. The molecule has 28 heavy (non-hydrogen) atoms. The molecule has 0 radical (unpaired) electrons. The van der Waals surface area contributed by atoms with Crippen molar-refractivity contribution >= 4 is 0 Å². The molecular weight excluding hydrogens is 351 g/mol. The molecule has 140 valence electrons. The molecule has 0 aliphatic carbocycles. The van der Waals surface area contributed by atoms with Crippen LogP contribution in [0.4, 0.5) is 4.39 Å². The molecule has 0 aliphatic rings. The van der Waals surface area contributed by atoms with E-state index in [1.807, 2.05) is 59.7 Å². The maximum Gasteiger partial charge on any atom is 0.123 e. The standard InChI is InChI=1S/C23H21FN4/c24-22-7-5-19(6-8-22)16-27(17-20-9-12-25-13-10-20)18-21-3-1-4-23(15-21)28-14-2-11-26-28/h1-15H,16-18H2. The highest BCUT2D eigenvalue weighted by molar-refractivity contribution is 5.35. The minimum absolute atomic E-state index is 0.212. The van der Waals surface area contributed by atoms with Gasteiger partial charge in [0.15, 0.2) is 0 Å². The van der Waals surface area contributed by atoms with Crippen molar-refractivity contribution in [3.05, 3.63) is 114 Å². The highest BCUT2D eigenvalue weighted by Crippen LogP contribution is 2.16. The predicted molar refractivity (Wildman–Crippen MR) is 107 cm³/mol. The summed E-state index contributed by atoms with van der Waals surface area (Å²) in [6, 6.07) is 21.0. The van der Waals surface area contributed by atoms with Crippen molar-refractivity contribution in [2.75, 3.05) is 0 Å². The van der Waals surface area contributed by atoms with Gasteiger partial charge in [0.05, 0.1) is 5.69 Å². The quantitative estimate of drug-likeness (QED) is 0.475. The van der Waals surface area contributed by atoms with Gasteiger partial charge < -0.3 is 0 Å². The van der Waals surface area contributed by atoms with Gasteiger partial charge in [-0.2, -0.15) is 5.10 Å². The van der Waals surface area contributed by atoms with Crippen molar-refractivity contribution < 1.29 is 4.39 Å². The average molecular weight is 372 g/mol. The Morgan fingerprint density at radius 2 is 1.46 bits per heavy atom. The Kier molecular flexibility index (Phi) is 5.54. The third-order valence-electron chi connectivity index (χ3n) is 4.56. The van der Waals surface area contributed by atoms with Crippen LogP contribution in [0.2, 0.25) is 0 Å². The predicted octanol–water partition coefficient (Wildman–Crippen LogP) is 4.61. The molecule has 2 heterocycles. The number of pyridine rings is 1. The molecule has 0 unspecified atom stereocenters. The second kappa shape index (κ2) is 8.59. The molecule has 2 aromatic carbocycles. The molecule has 0 aliphatic heterocycles. The Hall–Kier alpha value is -3.31. The molecule has 4 nitrogen and oxygen atoms in total. The zero-order valence-corrected chi connectivity index (χ0v) is 15.4. The van der Waals surface area contributed by atoms with Gasteiger partial charge in [-0.1, -0.05) is 24.3 Å². The summed E-state index contributed by atoms with van der Waals surface area (Å²) in [4.78, 5) is 6.44. The SMILES string of the molecule is Fc1ccc(CN(Cc2ccncc2)Cc2cccc(-n3cccn3)c2)cc1. The lowest BCUT2D eigenvalue weighted by molar-refractivity contribution is 0.247. The normalized spacial score (nSPS) is 11.1. The molecule has 4 aromatic rings. The fraction of sp³-hybridized carbons (Fsp3) is 0.130. The van der Waals surface area contributed by atoms with Gasteiger partial charge in [-0.15, -0.1) is 0 Å². The second-order valence-electron chi connectivity index (χ2n) is 6.75. The molecule has 2 aromatic heterocycles.